The van der Waals surface area contributed by atoms with E-state index >= 15 is 0 Å². The molecule has 2 aliphatic heterocycles. The van der Waals surface area contributed by atoms with E-state index in [0.717, 1.165) is 44.6 Å². The minimum atomic E-state index is -0.878. The van der Waals surface area contributed by atoms with Crippen LogP contribution in [-0.2, 0) is 9.59 Å². The summed E-state index contributed by atoms with van der Waals surface area (Å²) in [6.45, 7) is 2.14. The first kappa shape index (κ1) is 16.6. The van der Waals surface area contributed by atoms with Gasteiger partial charge in [-0.3, -0.25) is 4.79 Å². The van der Waals surface area contributed by atoms with Crippen molar-refractivity contribution in [3.05, 3.63) is 17.3 Å². The van der Waals surface area contributed by atoms with E-state index in [1.54, 1.807) is 11.0 Å². The first-order chi connectivity index (χ1) is 12.0. The van der Waals surface area contributed by atoms with Gasteiger partial charge in [0.15, 0.2) is 11.0 Å². The van der Waals surface area contributed by atoms with Crippen molar-refractivity contribution in [1.29, 1.82) is 0 Å². The van der Waals surface area contributed by atoms with Crippen molar-refractivity contribution in [2.45, 2.75) is 38.1 Å². The molecule has 2 saturated heterocycles. The van der Waals surface area contributed by atoms with Gasteiger partial charge in [0.1, 0.15) is 6.04 Å². The zero-order chi connectivity index (χ0) is 17.6. The quantitative estimate of drug-likeness (QED) is 0.880. The molecule has 1 amide bonds. The van der Waals surface area contributed by atoms with Crippen molar-refractivity contribution in [1.82, 2.24) is 15.1 Å². The van der Waals surface area contributed by atoms with Gasteiger partial charge in [0.05, 0.1) is 0 Å². The molecule has 1 aliphatic carbocycles. The van der Waals surface area contributed by atoms with E-state index in [9.17, 15) is 14.7 Å². The van der Waals surface area contributed by atoms with E-state index in [0.29, 0.717) is 18.1 Å². The van der Waals surface area contributed by atoms with Crippen LogP contribution in [0.25, 0.3) is 0 Å². The third kappa shape index (κ3) is 3.17. The van der Waals surface area contributed by atoms with Crippen molar-refractivity contribution >= 4 is 29.3 Å². The van der Waals surface area contributed by atoms with Crippen molar-refractivity contribution < 1.29 is 14.7 Å². The molecule has 0 aromatic carbocycles. The molecule has 0 radical (unpaired) electrons. The maximum Gasteiger partial charge on any atom is 0.326 e. The van der Waals surface area contributed by atoms with Gasteiger partial charge in [-0.1, -0.05) is 11.6 Å². The molecule has 1 aromatic heterocycles. The number of halogens is 1. The fourth-order valence-corrected chi connectivity index (χ4v) is 4.22. The van der Waals surface area contributed by atoms with E-state index in [-0.39, 0.29) is 17.2 Å². The number of nitrogens with zero attached hydrogens (tertiary/aromatic N) is 4. The Bertz CT molecular complexity index is 684. The minimum absolute atomic E-state index is 0.0373. The number of carbonyl (C=O) groups is 2. The van der Waals surface area contributed by atoms with Crippen LogP contribution in [0.5, 0.6) is 0 Å². The maximum atomic E-state index is 12.5. The summed E-state index contributed by atoms with van der Waals surface area (Å²) in [6.07, 6.45) is 4.07. The van der Waals surface area contributed by atoms with Crippen LogP contribution in [-0.4, -0.2) is 57.8 Å². The Kier molecular flexibility index (Phi) is 4.06. The van der Waals surface area contributed by atoms with Crippen LogP contribution in [0.1, 0.15) is 32.1 Å². The van der Waals surface area contributed by atoms with Crippen LogP contribution < -0.4 is 4.90 Å². The van der Waals surface area contributed by atoms with Crippen LogP contribution in [0.4, 0.5) is 5.82 Å². The molecular formula is C17H21ClN4O3. The average molecular weight is 365 g/mol. The highest BCUT2D eigenvalue weighted by molar-refractivity contribution is 6.29. The molecule has 1 saturated carbocycles. The number of hydrogen-bond acceptors (Lipinski definition) is 5. The fraction of sp³-hybridized carbons (Fsp3) is 0.647. The summed E-state index contributed by atoms with van der Waals surface area (Å²) in [5.41, 5.74) is -0.0933. The largest absolute Gasteiger partial charge is 0.480 e. The van der Waals surface area contributed by atoms with Crippen molar-refractivity contribution in [3.8, 4) is 0 Å². The van der Waals surface area contributed by atoms with E-state index in [4.69, 9.17) is 11.6 Å². The monoisotopic (exact) mass is 364 g/mol. The number of likely N-dealkylation sites (tertiary alicyclic amines) is 1. The second kappa shape index (κ2) is 6.12. The highest BCUT2D eigenvalue weighted by atomic mass is 35.5. The lowest BCUT2D eigenvalue weighted by Gasteiger charge is -2.39. The molecule has 25 heavy (non-hydrogen) atoms. The Morgan fingerprint density at radius 1 is 1.20 bits per heavy atom. The SMILES string of the molecule is O=C(O)[C@H]1CC2(CCN(c3ccc(Cl)nn3)CC2)CN1C(=O)C1CC1. The zero-order valence-corrected chi connectivity index (χ0v) is 14.7. The van der Waals surface area contributed by atoms with Gasteiger partial charge >= 0.3 is 5.97 Å². The molecule has 8 heteroatoms. The van der Waals surface area contributed by atoms with Gasteiger partial charge in [-0.05, 0) is 49.7 Å². The molecular weight excluding hydrogens is 344 g/mol. The van der Waals surface area contributed by atoms with E-state index in [1.807, 2.05) is 6.07 Å². The standard InChI is InChI=1S/C17H21ClN4O3/c18-13-3-4-14(20-19-13)21-7-5-17(6-8-21)9-12(16(24)25)22(10-17)15(23)11-1-2-11/h3-4,11-12H,1-2,5-10H2,(H,24,25)/t12-/m1/s1. The van der Waals surface area contributed by atoms with Crippen LogP contribution in [0.2, 0.25) is 5.15 Å². The third-order valence-electron chi connectivity index (χ3n) is 5.77. The predicted octanol–water partition coefficient (Wildman–Crippen LogP) is 1.81. The van der Waals surface area contributed by atoms with Gasteiger partial charge < -0.3 is 14.9 Å². The molecule has 0 bridgehead atoms. The Morgan fingerprint density at radius 3 is 2.48 bits per heavy atom. The minimum Gasteiger partial charge on any atom is -0.480 e. The summed E-state index contributed by atoms with van der Waals surface area (Å²) < 4.78 is 0. The average Bonchev–Trinajstić information content (AvgIpc) is 3.38. The molecule has 134 valence electrons. The van der Waals surface area contributed by atoms with Crippen LogP contribution in [0, 0.1) is 11.3 Å². The van der Waals surface area contributed by atoms with E-state index in [1.165, 1.54) is 0 Å². The number of aromatic nitrogens is 2. The Morgan fingerprint density at radius 2 is 1.92 bits per heavy atom. The van der Waals surface area contributed by atoms with Crippen molar-refractivity contribution in [2.75, 3.05) is 24.5 Å². The van der Waals surface area contributed by atoms with Crippen molar-refractivity contribution in [2.24, 2.45) is 11.3 Å². The number of carboxylic acid groups (broad SMARTS) is 1. The highest BCUT2D eigenvalue weighted by Crippen LogP contribution is 2.46. The first-order valence-electron chi connectivity index (χ1n) is 8.75. The van der Waals surface area contributed by atoms with Crippen LogP contribution in [0.15, 0.2) is 12.1 Å². The molecule has 3 aliphatic rings. The number of anilines is 1. The fourth-order valence-electron chi connectivity index (χ4n) is 4.12. The molecule has 7 nitrogen and oxygen atoms in total. The van der Waals surface area contributed by atoms with E-state index < -0.39 is 12.0 Å². The summed E-state index contributed by atoms with van der Waals surface area (Å²) in [5.74, 6) is 0.00604. The van der Waals surface area contributed by atoms with E-state index in [2.05, 4.69) is 15.1 Å². The first-order valence-corrected chi connectivity index (χ1v) is 9.13. The summed E-state index contributed by atoms with van der Waals surface area (Å²) in [4.78, 5) is 27.9. The molecule has 3 heterocycles. The summed E-state index contributed by atoms with van der Waals surface area (Å²) >= 11 is 5.79. The normalized spacial score (nSPS) is 25.4. The number of carbonyl (C=O) groups excluding carboxylic acids is 1. The number of amides is 1. The second-order valence-corrected chi connectivity index (χ2v) is 7.89. The van der Waals surface area contributed by atoms with Gasteiger partial charge in [0.2, 0.25) is 5.91 Å². The molecule has 1 N–H and O–H groups in total. The highest BCUT2D eigenvalue weighted by Gasteiger charge is 2.51. The Balaban J connectivity index is 1.45. The number of carboxylic acids is 1. The summed E-state index contributed by atoms with van der Waals surface area (Å²) in [6, 6.07) is 2.90. The van der Waals surface area contributed by atoms with Crippen LogP contribution in [0.3, 0.4) is 0 Å². The lowest BCUT2D eigenvalue weighted by molar-refractivity contribution is -0.148. The summed E-state index contributed by atoms with van der Waals surface area (Å²) in [5, 5.41) is 17.9. The third-order valence-corrected chi connectivity index (χ3v) is 5.97. The Hall–Kier alpha value is -1.89. The molecule has 0 unspecified atom stereocenters. The van der Waals surface area contributed by atoms with Gasteiger partial charge in [-0.25, -0.2) is 4.79 Å². The predicted molar refractivity (Wildman–Crippen MR) is 91.4 cm³/mol. The smallest absolute Gasteiger partial charge is 0.326 e. The van der Waals surface area contributed by atoms with Gasteiger partial charge in [0.25, 0.3) is 0 Å². The van der Waals surface area contributed by atoms with Crippen LogP contribution >= 0.6 is 11.6 Å². The van der Waals surface area contributed by atoms with Gasteiger partial charge in [0, 0.05) is 25.6 Å². The lowest BCUT2D eigenvalue weighted by atomic mass is 9.76. The number of aliphatic carboxylic acids is 1. The molecule has 3 fully saturated rings. The molecule has 1 atom stereocenters. The topological polar surface area (TPSA) is 86.6 Å². The molecule has 1 spiro atoms. The second-order valence-electron chi connectivity index (χ2n) is 7.50. The number of hydrogen-bond donors (Lipinski definition) is 1. The Labute approximate surface area is 151 Å². The van der Waals surface area contributed by atoms with Gasteiger partial charge in [-0.15, -0.1) is 10.2 Å². The van der Waals surface area contributed by atoms with Crippen molar-refractivity contribution in [3.63, 3.8) is 0 Å². The zero-order valence-electron chi connectivity index (χ0n) is 13.9. The molecule has 4 rings (SSSR count). The maximum absolute atomic E-state index is 12.5. The summed E-state index contributed by atoms with van der Waals surface area (Å²) in [7, 11) is 0. The van der Waals surface area contributed by atoms with Gasteiger partial charge in [-0.2, -0.15) is 0 Å². The molecule has 1 aromatic rings. The lowest BCUT2D eigenvalue weighted by Crippen LogP contribution is -2.43. The number of rotatable bonds is 3. The number of piperidine rings is 1.